The van der Waals surface area contributed by atoms with Crippen molar-refractivity contribution in [3.8, 4) is 95.5 Å². The summed E-state index contributed by atoms with van der Waals surface area (Å²) >= 11 is 0. The van der Waals surface area contributed by atoms with Crippen LogP contribution in [0.3, 0.4) is 0 Å². The number of pyridine rings is 1. The molecule has 76 heavy (non-hydrogen) atoms. The zero-order valence-electron chi connectivity index (χ0n) is 59.1. The molecule has 0 N–H and O–H groups in total. The average Bonchev–Trinajstić information content (AvgIpc) is 1.69. The quantitative estimate of drug-likeness (QED) is 0.118. The van der Waals surface area contributed by atoms with Gasteiger partial charge in [-0.3, -0.25) is 13.7 Å². The lowest BCUT2D eigenvalue weighted by molar-refractivity contribution is -0.570. The number of fused-ring (bicyclic) bond motifs is 10. The van der Waals surface area contributed by atoms with Crippen LogP contribution in [-0.4, -0.2) is 14.1 Å². The first-order valence-electron chi connectivity index (χ1n) is 33.6. The van der Waals surface area contributed by atoms with Crippen LogP contribution in [0.5, 0.6) is 11.5 Å². The second-order valence-electron chi connectivity index (χ2n) is 19.6. The van der Waals surface area contributed by atoms with Gasteiger partial charge in [0.05, 0.1) is 54.0 Å². The van der Waals surface area contributed by atoms with Gasteiger partial charge in [0.25, 0.3) is 6.33 Å². The molecule has 0 fully saturated rings. The van der Waals surface area contributed by atoms with Gasteiger partial charge in [-0.2, -0.15) is 0 Å². The standard InChI is InChI=1S/C71H52N4O/c1-46-37-68(72-44-64(46)49-25-12-7-13-26-49)75-65-34-19-18-33-59(65)60-36-35-54(43-66(60)75)76-53-28-20-27-52(42-53)73-45-74-69-61(48-23-10-6-11-24-48)40-51(71(2,3)4)41-63(69)58-32-17-15-30-56(58)55-29-14-16-31-57(55)62-38-50(39-67(73)70(62)74)47-21-8-5-9-22-47/h5-44H,1-4H3/i1D3,5D,6D,7D,8D,9D,10D,11D,12D,13D,21D,22D,23D,24D,25D,26D. The van der Waals surface area contributed by atoms with Gasteiger partial charge >= 0.3 is 0 Å². The van der Waals surface area contributed by atoms with E-state index in [9.17, 15) is 5.48 Å². The number of hydrogen-bond acceptors (Lipinski definition) is 2. The van der Waals surface area contributed by atoms with E-state index in [4.69, 9.17) is 28.9 Å². The smallest absolute Gasteiger partial charge is 0.269 e. The molecule has 0 bridgehead atoms. The number of hydrogen-bond donors (Lipinski definition) is 0. The summed E-state index contributed by atoms with van der Waals surface area (Å²) in [4.78, 5) is 4.74. The number of rotatable bonds is 7. The fourth-order valence-corrected chi connectivity index (χ4v) is 10.6. The maximum atomic E-state index is 9.55. The molecule has 0 amide bonds. The average molecular weight is 995 g/mol. The molecule has 13 aromatic rings. The fourth-order valence-electron chi connectivity index (χ4n) is 10.6. The third-order valence-corrected chi connectivity index (χ3v) is 14.1. The number of imidazole rings is 1. The number of aromatic nitrogens is 4. The van der Waals surface area contributed by atoms with Gasteiger partial charge in [-0.15, -0.1) is 0 Å². The van der Waals surface area contributed by atoms with Crippen molar-refractivity contribution in [1.29, 1.82) is 0 Å². The minimum atomic E-state index is -2.84. The van der Waals surface area contributed by atoms with Crippen LogP contribution >= 0.6 is 0 Å². The maximum absolute atomic E-state index is 9.55. The highest BCUT2D eigenvalue weighted by molar-refractivity contribution is 6.10. The number of ether oxygens (including phenoxy) is 1. The van der Waals surface area contributed by atoms with Crippen LogP contribution in [0.2, 0.25) is 0 Å². The van der Waals surface area contributed by atoms with Crippen molar-refractivity contribution in [3.05, 3.63) is 260 Å². The van der Waals surface area contributed by atoms with Gasteiger partial charge < -0.3 is 4.74 Å². The summed E-state index contributed by atoms with van der Waals surface area (Å²) in [7, 11) is 0. The summed E-state index contributed by atoms with van der Waals surface area (Å²) < 4.78 is 171. The largest absolute Gasteiger partial charge is 0.458 e. The van der Waals surface area contributed by atoms with Gasteiger partial charge in [0.2, 0.25) is 0 Å². The Morgan fingerprint density at radius 2 is 1.11 bits per heavy atom. The van der Waals surface area contributed by atoms with Crippen LogP contribution in [0.15, 0.2) is 242 Å². The van der Waals surface area contributed by atoms with E-state index in [1.165, 1.54) is 12.3 Å². The fraction of sp³-hybridized carbons (Fsp3) is 0.0704. The summed E-state index contributed by atoms with van der Waals surface area (Å²) in [5, 5.41) is 1.54. The molecule has 10 aromatic carbocycles. The molecule has 362 valence electrons. The van der Waals surface area contributed by atoms with Crippen LogP contribution in [0.25, 0.3) is 117 Å². The molecule has 5 nitrogen and oxygen atoms in total. The van der Waals surface area contributed by atoms with Crippen molar-refractivity contribution in [2.24, 2.45) is 0 Å². The Morgan fingerprint density at radius 3 is 1.80 bits per heavy atom. The zero-order valence-corrected chi connectivity index (χ0v) is 41.1. The lowest BCUT2D eigenvalue weighted by Gasteiger charge is -2.26. The second-order valence-corrected chi connectivity index (χ2v) is 19.6. The summed E-state index contributed by atoms with van der Waals surface area (Å²) in [6, 6.07) is 36.5. The van der Waals surface area contributed by atoms with Crippen molar-refractivity contribution in [2.75, 3.05) is 0 Å². The van der Waals surface area contributed by atoms with Gasteiger partial charge in [0, 0.05) is 32.7 Å². The van der Waals surface area contributed by atoms with Gasteiger partial charge in [0.15, 0.2) is 0 Å². The Balaban J connectivity index is 1.02. The Morgan fingerprint density at radius 1 is 0.500 bits per heavy atom. The highest BCUT2D eigenvalue weighted by Crippen LogP contribution is 2.48. The predicted octanol–water partition coefficient (Wildman–Crippen LogP) is 17.9. The van der Waals surface area contributed by atoms with Crippen LogP contribution in [0.4, 0.5) is 0 Å². The Labute approximate surface area is 468 Å². The molecule has 0 saturated heterocycles. The number of nitrogens with zero attached hydrogens (tertiary/aromatic N) is 4. The molecule has 0 atom stereocenters. The van der Waals surface area contributed by atoms with Crippen LogP contribution in [0.1, 0.15) is 56.6 Å². The Hall–Kier alpha value is -9.58. The molecular formula is C71H52N4O. The lowest BCUT2D eigenvalue weighted by atomic mass is 9.81. The van der Waals surface area contributed by atoms with E-state index >= 15 is 0 Å². The summed E-state index contributed by atoms with van der Waals surface area (Å²) in [5.41, 5.74) is 7.18. The van der Waals surface area contributed by atoms with Gasteiger partial charge in [-0.05, 0) is 133 Å². The molecule has 0 aliphatic carbocycles. The zero-order chi connectivity index (χ0) is 66.6. The first-order chi connectivity index (χ1) is 44.7. The Kier molecular flexibility index (Phi) is 7.02. The van der Waals surface area contributed by atoms with Gasteiger partial charge in [-0.25, -0.2) is 4.98 Å². The lowest BCUT2D eigenvalue weighted by Crippen LogP contribution is -2.32. The first kappa shape index (κ1) is 30.0. The third kappa shape index (κ3) is 7.54. The van der Waals surface area contributed by atoms with Crippen LogP contribution in [-0.2, 0) is 5.41 Å². The van der Waals surface area contributed by atoms with Crippen molar-refractivity contribution in [3.63, 3.8) is 0 Å². The molecule has 1 aliphatic rings. The van der Waals surface area contributed by atoms with Crippen molar-refractivity contribution in [2.45, 2.75) is 33.0 Å². The van der Waals surface area contributed by atoms with Crippen molar-refractivity contribution < 1.29 is 34.0 Å². The third-order valence-electron chi connectivity index (χ3n) is 14.1. The summed E-state index contributed by atoms with van der Waals surface area (Å²) in [5.74, 6) is 0.825. The topological polar surface area (TPSA) is 35.9 Å². The predicted molar refractivity (Wildman–Crippen MR) is 312 cm³/mol. The molecule has 3 aromatic heterocycles. The molecule has 1 aliphatic heterocycles. The molecule has 0 saturated carbocycles. The van der Waals surface area contributed by atoms with E-state index in [0.717, 1.165) is 33.0 Å². The normalized spacial score (nSPS) is 15.5. The minimum absolute atomic E-state index is 0.0491. The summed E-state index contributed by atoms with van der Waals surface area (Å²) in [6.45, 7) is 3.29. The molecule has 5 heteroatoms. The SMILES string of the molecule is [2H]c1c([2H])c([2H])c(-c2cc3c4c(c2)n(-c2cccc(Oc5ccc6c7ccccc7n(-c7cc(C([2H])([2H])[2H])c(-c8c([2H])c([2H])c([2H])c([2H])c8[2H])cn7)c6c5)c2)[c-][n+]4-c2c(cc(C(C)(C)C)cc2-c2c([2H])c([2H])c([2H])c([2H])c2[2H])-c2ccccc2-c2ccccc2-3)c([2H])c1[2H]. The van der Waals surface area contributed by atoms with E-state index in [2.05, 4.69) is 12.4 Å². The first-order valence-corrected chi connectivity index (χ1v) is 24.6. The summed E-state index contributed by atoms with van der Waals surface area (Å²) in [6.07, 6.45) is 4.90. The number of para-hydroxylation sites is 1. The maximum Gasteiger partial charge on any atom is 0.269 e. The Bertz CT molecular complexity index is 5380. The van der Waals surface area contributed by atoms with E-state index in [0.29, 0.717) is 67.2 Å². The van der Waals surface area contributed by atoms with E-state index in [1.54, 1.807) is 51.6 Å². The number of aryl methyl sites for hydroxylation is 1. The molecule has 0 radical (unpaired) electrons. The molecule has 0 unspecified atom stereocenters. The van der Waals surface area contributed by atoms with Crippen molar-refractivity contribution in [1.82, 2.24) is 14.1 Å². The number of benzene rings is 10. The van der Waals surface area contributed by atoms with Crippen LogP contribution < -0.4 is 9.30 Å². The van der Waals surface area contributed by atoms with Gasteiger partial charge in [-0.1, -0.05) is 202 Å². The molecule has 4 heterocycles. The van der Waals surface area contributed by atoms with E-state index < -0.39 is 103 Å². The monoisotopic (exact) mass is 995 g/mol. The van der Waals surface area contributed by atoms with E-state index in [-0.39, 0.29) is 39.2 Å². The second kappa shape index (κ2) is 17.8. The molecule has 0 spiro atoms. The molecule has 14 rings (SSSR count). The van der Waals surface area contributed by atoms with Gasteiger partial charge in [0.1, 0.15) is 17.3 Å². The van der Waals surface area contributed by atoms with Crippen molar-refractivity contribution >= 4 is 32.8 Å². The van der Waals surface area contributed by atoms with E-state index in [1.807, 2.05) is 116 Å². The highest BCUT2D eigenvalue weighted by atomic mass is 16.5. The highest BCUT2D eigenvalue weighted by Gasteiger charge is 2.29. The minimum Gasteiger partial charge on any atom is -0.458 e. The molecular weight excluding hydrogens is 925 g/mol. The van der Waals surface area contributed by atoms with Crippen LogP contribution in [0, 0.1) is 13.2 Å².